The molecule has 0 bridgehead atoms. The molecule has 0 radical (unpaired) electrons. The molecule has 1 fully saturated rings. The Kier molecular flexibility index (Phi) is 4.36. The highest BCUT2D eigenvalue weighted by atomic mass is 32.2. The molecule has 0 aliphatic carbocycles. The van der Waals surface area contributed by atoms with Gasteiger partial charge in [-0.3, -0.25) is 0 Å². The number of anilines is 1. The fourth-order valence-corrected chi connectivity index (χ4v) is 3.40. The Labute approximate surface area is 135 Å². The van der Waals surface area contributed by atoms with E-state index in [9.17, 15) is 8.42 Å². The molecule has 124 valence electrons. The number of rotatable bonds is 4. The van der Waals surface area contributed by atoms with E-state index in [0.29, 0.717) is 29.8 Å². The van der Waals surface area contributed by atoms with E-state index in [2.05, 4.69) is 15.0 Å². The van der Waals surface area contributed by atoms with Crippen molar-refractivity contribution in [3.05, 3.63) is 36.0 Å². The van der Waals surface area contributed by atoms with Crippen molar-refractivity contribution >= 4 is 15.5 Å². The van der Waals surface area contributed by atoms with Gasteiger partial charge in [-0.1, -0.05) is 12.1 Å². The molecule has 2 heterocycles. The zero-order valence-electron chi connectivity index (χ0n) is 13.1. The van der Waals surface area contributed by atoms with Crippen molar-refractivity contribution in [1.29, 1.82) is 0 Å². The minimum atomic E-state index is -3.17. The number of aromatic nitrogens is 2. The van der Waals surface area contributed by atoms with Crippen LogP contribution in [0.5, 0.6) is 0 Å². The summed E-state index contributed by atoms with van der Waals surface area (Å²) in [6.07, 6.45) is -0.250. The molecule has 3 rings (SSSR count). The zero-order valence-corrected chi connectivity index (χ0v) is 13.9. The van der Waals surface area contributed by atoms with Crippen LogP contribution in [0.4, 0.5) is 5.69 Å². The lowest BCUT2D eigenvalue weighted by Gasteiger charge is -2.33. The zero-order chi connectivity index (χ0) is 16.4. The van der Waals surface area contributed by atoms with Crippen LogP contribution in [0.15, 0.2) is 33.7 Å². The molecule has 0 N–H and O–H groups in total. The van der Waals surface area contributed by atoms with Crippen LogP contribution >= 0.6 is 0 Å². The maximum atomic E-state index is 11.9. The maximum absolute atomic E-state index is 11.9. The van der Waals surface area contributed by atoms with Gasteiger partial charge in [-0.25, -0.2) is 8.42 Å². The van der Waals surface area contributed by atoms with Gasteiger partial charge in [-0.15, -0.1) is 0 Å². The molecule has 0 unspecified atom stereocenters. The van der Waals surface area contributed by atoms with Crippen molar-refractivity contribution in [3.63, 3.8) is 0 Å². The molecule has 2 aromatic rings. The number of sulfone groups is 1. The normalized spacial score (nSPS) is 19.0. The third kappa shape index (κ3) is 3.37. The average molecular weight is 337 g/mol. The second-order valence-electron chi connectivity index (χ2n) is 5.37. The highest BCUT2D eigenvalue weighted by molar-refractivity contribution is 7.91. The fraction of sp³-hybridized carbons (Fsp3) is 0.467. The summed E-state index contributed by atoms with van der Waals surface area (Å²) in [6.45, 7) is 5.26. The second kappa shape index (κ2) is 6.29. The number of morpholine rings is 1. The lowest BCUT2D eigenvalue weighted by atomic mass is 10.2. The summed E-state index contributed by atoms with van der Waals surface area (Å²) in [6, 6.07) is 6.95. The molecule has 23 heavy (non-hydrogen) atoms. The standard InChI is InChI=1S/C15H19N3O4S/c1-3-23(19,20)13-6-4-12(5-7-13)18-8-9-21-14(10-18)15-16-11(2)22-17-15/h4-7,14H,3,8-10H2,1-2H3/t14-/m1/s1. The maximum Gasteiger partial charge on any atom is 0.223 e. The van der Waals surface area contributed by atoms with Gasteiger partial charge in [0.2, 0.25) is 11.7 Å². The molecule has 0 saturated carbocycles. The predicted octanol–water partition coefficient (Wildman–Crippen LogP) is 1.75. The number of benzene rings is 1. The Balaban J connectivity index is 1.76. The van der Waals surface area contributed by atoms with Gasteiger partial charge in [-0.05, 0) is 24.3 Å². The lowest BCUT2D eigenvalue weighted by molar-refractivity contribution is 0.0326. The van der Waals surface area contributed by atoms with E-state index in [0.717, 1.165) is 12.2 Å². The molecule has 0 amide bonds. The van der Waals surface area contributed by atoms with Gasteiger partial charge in [0, 0.05) is 19.2 Å². The van der Waals surface area contributed by atoms with Crippen molar-refractivity contribution < 1.29 is 17.7 Å². The number of hydrogen-bond acceptors (Lipinski definition) is 7. The van der Waals surface area contributed by atoms with Crippen LogP contribution in [-0.4, -0.2) is 44.0 Å². The van der Waals surface area contributed by atoms with Gasteiger partial charge < -0.3 is 14.2 Å². The van der Waals surface area contributed by atoms with Crippen LogP contribution in [0, 0.1) is 6.92 Å². The molecule has 1 aromatic carbocycles. The predicted molar refractivity (Wildman–Crippen MR) is 84.1 cm³/mol. The largest absolute Gasteiger partial charge is 0.366 e. The summed E-state index contributed by atoms with van der Waals surface area (Å²) in [4.78, 5) is 6.69. The first-order valence-corrected chi connectivity index (χ1v) is 9.14. The van der Waals surface area contributed by atoms with Crippen LogP contribution in [0.2, 0.25) is 0 Å². The van der Waals surface area contributed by atoms with Crippen molar-refractivity contribution in [2.45, 2.75) is 24.8 Å². The first kappa shape index (κ1) is 15.9. The third-order valence-electron chi connectivity index (χ3n) is 3.84. The SMILES string of the molecule is CCS(=O)(=O)c1ccc(N2CCO[C@@H](c3noc(C)n3)C2)cc1. The van der Waals surface area contributed by atoms with Crippen molar-refractivity contribution in [2.75, 3.05) is 30.3 Å². The molecule has 1 atom stereocenters. The van der Waals surface area contributed by atoms with Crippen LogP contribution < -0.4 is 4.90 Å². The molecular weight excluding hydrogens is 318 g/mol. The van der Waals surface area contributed by atoms with Gasteiger partial charge in [0.1, 0.15) is 6.10 Å². The van der Waals surface area contributed by atoms with Crippen molar-refractivity contribution in [2.24, 2.45) is 0 Å². The highest BCUT2D eigenvalue weighted by Gasteiger charge is 2.26. The summed E-state index contributed by atoms with van der Waals surface area (Å²) in [5.74, 6) is 1.15. The van der Waals surface area contributed by atoms with Gasteiger partial charge >= 0.3 is 0 Å². The molecule has 1 saturated heterocycles. The molecule has 1 aliphatic rings. The number of aryl methyl sites for hydroxylation is 1. The highest BCUT2D eigenvalue weighted by Crippen LogP contribution is 2.25. The topological polar surface area (TPSA) is 85.5 Å². The Bertz CT molecular complexity index is 770. The first-order valence-electron chi connectivity index (χ1n) is 7.49. The monoisotopic (exact) mass is 337 g/mol. The molecular formula is C15H19N3O4S. The minimum Gasteiger partial charge on any atom is -0.366 e. The molecule has 1 aromatic heterocycles. The van der Waals surface area contributed by atoms with E-state index >= 15 is 0 Å². The number of ether oxygens (including phenoxy) is 1. The average Bonchev–Trinajstić information content (AvgIpc) is 3.02. The van der Waals surface area contributed by atoms with E-state index in [1.54, 1.807) is 26.0 Å². The van der Waals surface area contributed by atoms with Gasteiger partial charge in [0.05, 0.1) is 23.8 Å². The number of hydrogen-bond donors (Lipinski definition) is 0. The van der Waals surface area contributed by atoms with Crippen molar-refractivity contribution in [1.82, 2.24) is 10.1 Å². The van der Waals surface area contributed by atoms with Crippen LogP contribution in [0.25, 0.3) is 0 Å². The summed E-state index contributed by atoms with van der Waals surface area (Å²) < 4.78 is 34.4. The van der Waals surface area contributed by atoms with Crippen molar-refractivity contribution in [3.8, 4) is 0 Å². The fourth-order valence-electron chi connectivity index (χ4n) is 2.52. The van der Waals surface area contributed by atoms with Crippen LogP contribution in [0.3, 0.4) is 0 Å². The minimum absolute atomic E-state index is 0.100. The molecule has 7 nitrogen and oxygen atoms in total. The Hall–Kier alpha value is -1.93. The van der Waals surface area contributed by atoms with E-state index in [4.69, 9.17) is 9.26 Å². The molecule has 1 aliphatic heterocycles. The van der Waals surface area contributed by atoms with E-state index < -0.39 is 9.84 Å². The van der Waals surface area contributed by atoms with Crippen LogP contribution in [-0.2, 0) is 14.6 Å². The van der Waals surface area contributed by atoms with Crippen LogP contribution in [0.1, 0.15) is 24.7 Å². The second-order valence-corrected chi connectivity index (χ2v) is 7.65. The summed E-state index contributed by atoms with van der Waals surface area (Å²) in [7, 11) is -3.17. The Morgan fingerprint density at radius 1 is 1.30 bits per heavy atom. The van der Waals surface area contributed by atoms with Gasteiger partial charge in [-0.2, -0.15) is 4.98 Å². The quantitative estimate of drug-likeness (QED) is 0.840. The molecule has 8 heteroatoms. The lowest BCUT2D eigenvalue weighted by Crippen LogP contribution is -2.38. The molecule has 0 spiro atoms. The summed E-state index contributed by atoms with van der Waals surface area (Å²) in [5, 5.41) is 3.91. The Morgan fingerprint density at radius 3 is 2.65 bits per heavy atom. The summed E-state index contributed by atoms with van der Waals surface area (Å²) in [5.41, 5.74) is 0.952. The van der Waals surface area contributed by atoms with Gasteiger partial charge in [0.15, 0.2) is 9.84 Å². The van der Waals surface area contributed by atoms with E-state index in [1.165, 1.54) is 0 Å². The number of nitrogens with zero attached hydrogens (tertiary/aromatic N) is 3. The smallest absolute Gasteiger partial charge is 0.223 e. The van der Waals surface area contributed by atoms with E-state index in [1.807, 2.05) is 12.1 Å². The first-order chi connectivity index (χ1) is 11.0. The summed E-state index contributed by atoms with van der Waals surface area (Å²) >= 11 is 0. The Morgan fingerprint density at radius 2 is 2.04 bits per heavy atom. The van der Waals surface area contributed by atoms with Gasteiger partial charge in [0.25, 0.3) is 0 Å². The van der Waals surface area contributed by atoms with E-state index in [-0.39, 0.29) is 11.9 Å². The third-order valence-corrected chi connectivity index (χ3v) is 5.59.